The first-order valence-electron chi connectivity index (χ1n) is 6.91. The van der Waals surface area contributed by atoms with Gasteiger partial charge in [0.25, 0.3) is 0 Å². The van der Waals surface area contributed by atoms with Gasteiger partial charge in [-0.05, 0) is 49.9 Å². The zero-order chi connectivity index (χ0) is 13.9. The van der Waals surface area contributed by atoms with Crippen molar-refractivity contribution in [3.8, 4) is 5.88 Å². The molecule has 3 rings (SSSR count). The SMILES string of the molecule is CC(Nc1ccc(N)c(OCC2CC2)n1)c1ccco1. The number of nitrogens with zero attached hydrogens (tertiary/aromatic N) is 1. The van der Waals surface area contributed by atoms with Crippen LogP contribution in [0.25, 0.3) is 0 Å². The van der Waals surface area contributed by atoms with Crippen molar-refractivity contribution >= 4 is 11.5 Å². The van der Waals surface area contributed by atoms with E-state index in [1.165, 1.54) is 12.8 Å². The second-order valence-corrected chi connectivity index (χ2v) is 5.23. The number of nitrogens with one attached hydrogen (secondary N) is 1. The Balaban J connectivity index is 1.67. The smallest absolute Gasteiger partial charge is 0.239 e. The molecule has 5 heteroatoms. The van der Waals surface area contributed by atoms with Crippen LogP contribution < -0.4 is 15.8 Å². The third-order valence-corrected chi connectivity index (χ3v) is 3.38. The van der Waals surface area contributed by atoms with Crippen LogP contribution >= 0.6 is 0 Å². The summed E-state index contributed by atoms with van der Waals surface area (Å²) in [6.45, 7) is 2.72. The maximum Gasteiger partial charge on any atom is 0.239 e. The Hall–Kier alpha value is -2.17. The van der Waals surface area contributed by atoms with Crippen LogP contribution in [0.3, 0.4) is 0 Å². The number of hydrogen-bond donors (Lipinski definition) is 2. The number of nitrogen functional groups attached to an aromatic ring is 1. The third-order valence-electron chi connectivity index (χ3n) is 3.38. The number of hydrogen-bond acceptors (Lipinski definition) is 5. The predicted molar refractivity (Wildman–Crippen MR) is 77.6 cm³/mol. The lowest BCUT2D eigenvalue weighted by Crippen LogP contribution is -2.09. The molecule has 2 aromatic heterocycles. The molecule has 20 heavy (non-hydrogen) atoms. The molecule has 0 aliphatic heterocycles. The third kappa shape index (κ3) is 3.04. The molecule has 0 saturated heterocycles. The first-order chi connectivity index (χ1) is 9.72. The summed E-state index contributed by atoms with van der Waals surface area (Å²) in [5, 5.41) is 3.27. The van der Waals surface area contributed by atoms with E-state index in [1.54, 1.807) is 6.26 Å². The minimum Gasteiger partial charge on any atom is -0.476 e. The molecule has 2 heterocycles. The zero-order valence-electron chi connectivity index (χ0n) is 11.5. The van der Waals surface area contributed by atoms with E-state index in [2.05, 4.69) is 10.3 Å². The summed E-state index contributed by atoms with van der Waals surface area (Å²) in [7, 11) is 0. The lowest BCUT2D eigenvalue weighted by Gasteiger charge is -2.14. The number of furan rings is 1. The summed E-state index contributed by atoms with van der Waals surface area (Å²) in [4.78, 5) is 4.42. The fourth-order valence-electron chi connectivity index (χ4n) is 1.96. The van der Waals surface area contributed by atoms with Crippen molar-refractivity contribution in [2.45, 2.75) is 25.8 Å². The molecule has 0 amide bonds. The molecule has 1 aliphatic rings. The number of nitrogens with two attached hydrogens (primary N) is 1. The average Bonchev–Trinajstić information content (AvgIpc) is 3.10. The Morgan fingerprint density at radius 2 is 2.30 bits per heavy atom. The van der Waals surface area contributed by atoms with E-state index in [4.69, 9.17) is 14.9 Å². The van der Waals surface area contributed by atoms with Gasteiger partial charge in [-0.3, -0.25) is 0 Å². The van der Waals surface area contributed by atoms with Gasteiger partial charge in [-0.15, -0.1) is 0 Å². The highest BCUT2D eigenvalue weighted by atomic mass is 16.5. The van der Waals surface area contributed by atoms with Crippen molar-refractivity contribution in [3.63, 3.8) is 0 Å². The Bertz CT molecular complexity index is 565. The van der Waals surface area contributed by atoms with Gasteiger partial charge in [-0.25, -0.2) is 0 Å². The Kier molecular flexibility index (Phi) is 3.50. The number of aromatic nitrogens is 1. The van der Waals surface area contributed by atoms with Gasteiger partial charge in [0.1, 0.15) is 11.6 Å². The molecule has 3 N–H and O–H groups in total. The van der Waals surface area contributed by atoms with Crippen LogP contribution in [0.1, 0.15) is 31.6 Å². The Morgan fingerprint density at radius 3 is 3.00 bits per heavy atom. The monoisotopic (exact) mass is 273 g/mol. The maximum absolute atomic E-state index is 5.89. The topological polar surface area (TPSA) is 73.3 Å². The van der Waals surface area contributed by atoms with Crippen LogP contribution in [0.2, 0.25) is 0 Å². The second kappa shape index (κ2) is 5.45. The molecule has 5 nitrogen and oxygen atoms in total. The molecule has 0 aromatic carbocycles. The lowest BCUT2D eigenvalue weighted by atomic mass is 10.2. The molecule has 0 bridgehead atoms. The number of ether oxygens (including phenoxy) is 1. The predicted octanol–water partition coefficient (Wildman–Crippen LogP) is 3.22. The highest BCUT2D eigenvalue weighted by Gasteiger charge is 2.22. The zero-order valence-corrected chi connectivity index (χ0v) is 11.5. The standard InChI is InChI=1S/C15H19N3O2/c1-10(13-3-2-8-19-13)17-14-7-6-12(16)15(18-14)20-9-11-4-5-11/h2-3,6-8,10-11H,4-5,9,16H2,1H3,(H,17,18). The highest BCUT2D eigenvalue weighted by Crippen LogP contribution is 2.31. The molecule has 1 unspecified atom stereocenters. The molecular weight excluding hydrogens is 254 g/mol. The number of rotatable bonds is 6. The van der Waals surface area contributed by atoms with Crippen molar-refractivity contribution in [1.29, 1.82) is 0 Å². The van der Waals surface area contributed by atoms with E-state index in [0.29, 0.717) is 24.1 Å². The van der Waals surface area contributed by atoms with Crippen LogP contribution in [0, 0.1) is 5.92 Å². The Labute approximate surface area is 118 Å². The minimum absolute atomic E-state index is 0.0393. The van der Waals surface area contributed by atoms with Crippen molar-refractivity contribution in [1.82, 2.24) is 4.98 Å². The number of anilines is 2. The average molecular weight is 273 g/mol. The molecular formula is C15H19N3O2. The minimum atomic E-state index is 0.0393. The fourth-order valence-corrected chi connectivity index (χ4v) is 1.96. The summed E-state index contributed by atoms with van der Waals surface area (Å²) in [6.07, 6.45) is 4.15. The molecule has 0 radical (unpaired) electrons. The van der Waals surface area contributed by atoms with Crippen LogP contribution in [0.15, 0.2) is 34.9 Å². The summed E-state index contributed by atoms with van der Waals surface area (Å²) in [5.41, 5.74) is 6.46. The first-order valence-corrected chi connectivity index (χ1v) is 6.91. The van der Waals surface area contributed by atoms with Crippen molar-refractivity contribution in [3.05, 3.63) is 36.3 Å². The van der Waals surface area contributed by atoms with E-state index in [9.17, 15) is 0 Å². The van der Waals surface area contributed by atoms with E-state index < -0.39 is 0 Å². The van der Waals surface area contributed by atoms with Crippen LogP contribution in [0.4, 0.5) is 11.5 Å². The number of pyridine rings is 1. The van der Waals surface area contributed by atoms with Gasteiger partial charge in [-0.1, -0.05) is 0 Å². The molecule has 1 atom stereocenters. The van der Waals surface area contributed by atoms with Gasteiger partial charge < -0.3 is 20.2 Å². The molecule has 0 spiro atoms. The molecule has 1 saturated carbocycles. The van der Waals surface area contributed by atoms with Crippen LogP contribution in [0.5, 0.6) is 5.88 Å². The van der Waals surface area contributed by atoms with Gasteiger partial charge in [0, 0.05) is 0 Å². The van der Waals surface area contributed by atoms with Crippen molar-refractivity contribution in [2.24, 2.45) is 5.92 Å². The molecule has 2 aromatic rings. The maximum atomic E-state index is 5.89. The summed E-state index contributed by atoms with van der Waals surface area (Å²) < 4.78 is 11.0. The van der Waals surface area contributed by atoms with E-state index in [1.807, 2.05) is 31.2 Å². The normalized spacial score (nSPS) is 15.8. The van der Waals surface area contributed by atoms with E-state index in [0.717, 1.165) is 11.6 Å². The van der Waals surface area contributed by atoms with Gasteiger partial charge in [-0.2, -0.15) is 4.98 Å². The van der Waals surface area contributed by atoms with Gasteiger partial charge in [0.2, 0.25) is 5.88 Å². The second-order valence-electron chi connectivity index (χ2n) is 5.23. The van der Waals surface area contributed by atoms with Gasteiger partial charge in [0.15, 0.2) is 0 Å². The molecule has 1 aliphatic carbocycles. The van der Waals surface area contributed by atoms with E-state index in [-0.39, 0.29) is 6.04 Å². The van der Waals surface area contributed by atoms with Crippen LogP contribution in [-0.4, -0.2) is 11.6 Å². The van der Waals surface area contributed by atoms with Crippen LogP contribution in [-0.2, 0) is 0 Å². The summed E-state index contributed by atoms with van der Waals surface area (Å²) in [6, 6.07) is 7.50. The quantitative estimate of drug-likeness (QED) is 0.845. The lowest BCUT2D eigenvalue weighted by molar-refractivity contribution is 0.290. The summed E-state index contributed by atoms with van der Waals surface area (Å²) >= 11 is 0. The first kappa shape index (κ1) is 12.8. The largest absolute Gasteiger partial charge is 0.476 e. The van der Waals surface area contributed by atoms with Gasteiger partial charge in [0.05, 0.1) is 24.6 Å². The van der Waals surface area contributed by atoms with Gasteiger partial charge >= 0.3 is 0 Å². The van der Waals surface area contributed by atoms with Crippen molar-refractivity contribution < 1.29 is 9.15 Å². The van der Waals surface area contributed by atoms with E-state index >= 15 is 0 Å². The molecule has 1 fully saturated rings. The summed E-state index contributed by atoms with van der Waals surface area (Å²) in [5.74, 6) is 2.78. The van der Waals surface area contributed by atoms with Crippen molar-refractivity contribution in [2.75, 3.05) is 17.7 Å². The molecule has 106 valence electrons. The Morgan fingerprint density at radius 1 is 1.45 bits per heavy atom. The highest BCUT2D eigenvalue weighted by molar-refractivity contribution is 5.54. The fraction of sp³-hybridized carbons (Fsp3) is 0.400.